The smallest absolute Gasteiger partial charge is 0.239 e. The van der Waals surface area contributed by atoms with Crippen molar-refractivity contribution in [2.75, 3.05) is 43.0 Å². The highest BCUT2D eigenvalue weighted by Gasteiger charge is 2.34. The van der Waals surface area contributed by atoms with Gasteiger partial charge in [0.1, 0.15) is 5.75 Å². The largest absolute Gasteiger partial charge is 0.455 e. The highest BCUT2D eigenvalue weighted by atomic mass is 32.2. The number of nitrogens with one attached hydrogen (secondary N) is 1. The van der Waals surface area contributed by atoms with Crippen molar-refractivity contribution in [3.05, 3.63) is 54.6 Å². The molecule has 2 saturated heterocycles. The van der Waals surface area contributed by atoms with Crippen LogP contribution in [-0.2, 0) is 9.59 Å². The minimum absolute atomic E-state index is 0.0726. The summed E-state index contributed by atoms with van der Waals surface area (Å²) < 4.78 is 5.93. The first-order valence-corrected chi connectivity index (χ1v) is 12.1. The molecule has 0 bridgehead atoms. The molecule has 2 aromatic carbocycles. The van der Waals surface area contributed by atoms with E-state index in [2.05, 4.69) is 10.2 Å². The number of carbonyl (C=O) groups excluding carboxylic acids is 2. The maximum atomic E-state index is 12.9. The van der Waals surface area contributed by atoms with Crippen molar-refractivity contribution in [1.29, 1.82) is 0 Å². The van der Waals surface area contributed by atoms with Gasteiger partial charge in [-0.25, -0.2) is 0 Å². The number of likely N-dealkylation sites (tertiary alicyclic amines) is 1. The fourth-order valence-corrected chi connectivity index (χ4v) is 5.00. The van der Waals surface area contributed by atoms with Gasteiger partial charge in [0.25, 0.3) is 0 Å². The van der Waals surface area contributed by atoms with Crippen molar-refractivity contribution in [1.82, 2.24) is 9.80 Å². The van der Waals surface area contributed by atoms with Crippen LogP contribution in [0.2, 0.25) is 0 Å². The molecule has 0 spiro atoms. The van der Waals surface area contributed by atoms with Crippen LogP contribution in [0.5, 0.6) is 11.5 Å². The van der Waals surface area contributed by atoms with Gasteiger partial charge < -0.3 is 15.0 Å². The van der Waals surface area contributed by atoms with Crippen LogP contribution < -0.4 is 10.1 Å². The molecule has 2 aromatic rings. The molecule has 2 amide bonds. The number of rotatable bonds is 7. The number of carbonyl (C=O) groups is 2. The number of thioether (sulfide) groups is 1. The molecule has 0 saturated carbocycles. The summed E-state index contributed by atoms with van der Waals surface area (Å²) in [5.74, 6) is 3.53. The van der Waals surface area contributed by atoms with E-state index in [9.17, 15) is 9.59 Å². The van der Waals surface area contributed by atoms with Gasteiger partial charge in [0, 0.05) is 37.6 Å². The third-order valence-corrected chi connectivity index (χ3v) is 6.67. The van der Waals surface area contributed by atoms with Crippen LogP contribution in [0.3, 0.4) is 0 Å². The van der Waals surface area contributed by atoms with Crippen molar-refractivity contribution in [3.63, 3.8) is 0 Å². The van der Waals surface area contributed by atoms with E-state index in [4.69, 9.17) is 4.74 Å². The first kappa shape index (κ1) is 21.7. The van der Waals surface area contributed by atoms with E-state index in [1.807, 2.05) is 71.3 Å². The van der Waals surface area contributed by atoms with Crippen LogP contribution in [0.25, 0.3) is 0 Å². The summed E-state index contributed by atoms with van der Waals surface area (Å²) in [6.45, 7) is 3.14. The third kappa shape index (κ3) is 5.80. The van der Waals surface area contributed by atoms with Gasteiger partial charge in [0.15, 0.2) is 5.75 Å². The average Bonchev–Trinajstić information content (AvgIpc) is 3.28. The highest BCUT2D eigenvalue weighted by molar-refractivity contribution is 7.99. The van der Waals surface area contributed by atoms with Crippen LogP contribution in [0.4, 0.5) is 5.69 Å². The predicted molar refractivity (Wildman–Crippen MR) is 125 cm³/mol. The second kappa shape index (κ2) is 10.7. The topological polar surface area (TPSA) is 61.9 Å². The van der Waals surface area contributed by atoms with Crippen LogP contribution >= 0.6 is 11.8 Å². The SMILES string of the molecule is O=C(CCN1CCCC1C(=O)N1CCSCC1)Nc1ccccc1Oc1ccccc1. The third-order valence-electron chi connectivity index (χ3n) is 5.73. The Kier molecular flexibility index (Phi) is 7.48. The number of anilines is 1. The second-order valence-electron chi connectivity index (χ2n) is 7.84. The normalized spacial score (nSPS) is 19.2. The molecule has 31 heavy (non-hydrogen) atoms. The zero-order chi connectivity index (χ0) is 21.5. The highest BCUT2D eigenvalue weighted by Crippen LogP contribution is 2.29. The van der Waals surface area contributed by atoms with E-state index in [-0.39, 0.29) is 17.9 Å². The maximum absolute atomic E-state index is 12.9. The summed E-state index contributed by atoms with van der Waals surface area (Å²) in [4.78, 5) is 29.8. The molecular weight excluding hydrogens is 410 g/mol. The molecule has 0 aliphatic carbocycles. The van der Waals surface area contributed by atoms with Crippen molar-refractivity contribution in [2.24, 2.45) is 0 Å². The molecule has 0 radical (unpaired) electrons. The van der Waals surface area contributed by atoms with Crippen LogP contribution in [0, 0.1) is 0 Å². The summed E-state index contributed by atoms with van der Waals surface area (Å²) in [7, 11) is 0. The Morgan fingerprint density at radius 2 is 1.74 bits per heavy atom. The zero-order valence-electron chi connectivity index (χ0n) is 17.7. The summed E-state index contributed by atoms with van der Waals surface area (Å²) in [5, 5.41) is 2.97. The van der Waals surface area contributed by atoms with E-state index in [0.717, 1.165) is 49.7 Å². The Morgan fingerprint density at radius 1 is 1.00 bits per heavy atom. The second-order valence-corrected chi connectivity index (χ2v) is 9.07. The molecule has 7 heteroatoms. The molecule has 164 valence electrons. The molecule has 4 rings (SSSR count). The van der Waals surface area contributed by atoms with Gasteiger partial charge in [-0.2, -0.15) is 11.8 Å². The minimum Gasteiger partial charge on any atom is -0.455 e. The lowest BCUT2D eigenvalue weighted by atomic mass is 10.2. The van der Waals surface area contributed by atoms with Crippen molar-refractivity contribution < 1.29 is 14.3 Å². The molecule has 2 heterocycles. The molecule has 6 nitrogen and oxygen atoms in total. The molecule has 1 unspecified atom stereocenters. The molecule has 2 aliphatic heterocycles. The van der Waals surface area contributed by atoms with E-state index in [1.54, 1.807) is 0 Å². The zero-order valence-corrected chi connectivity index (χ0v) is 18.5. The lowest BCUT2D eigenvalue weighted by Gasteiger charge is -2.32. The summed E-state index contributed by atoms with van der Waals surface area (Å²) >= 11 is 1.91. The van der Waals surface area contributed by atoms with Crippen molar-refractivity contribution in [2.45, 2.75) is 25.3 Å². The standard InChI is InChI=1S/C24H29N3O3S/c28-23(25-20-9-4-5-11-22(20)30-19-7-2-1-3-8-19)12-14-26-13-6-10-21(26)24(29)27-15-17-31-18-16-27/h1-5,7-9,11,21H,6,10,12-18H2,(H,25,28). The summed E-state index contributed by atoms with van der Waals surface area (Å²) in [6.07, 6.45) is 2.24. The first-order chi connectivity index (χ1) is 15.2. The summed E-state index contributed by atoms with van der Waals surface area (Å²) in [6, 6.07) is 16.9. The van der Waals surface area contributed by atoms with Gasteiger partial charge in [-0.1, -0.05) is 30.3 Å². The Morgan fingerprint density at radius 3 is 2.55 bits per heavy atom. The van der Waals surface area contributed by atoms with Crippen LogP contribution in [0.15, 0.2) is 54.6 Å². The fraction of sp³-hybridized carbons (Fsp3) is 0.417. The van der Waals surface area contributed by atoms with Gasteiger partial charge >= 0.3 is 0 Å². The van der Waals surface area contributed by atoms with Crippen molar-refractivity contribution in [3.8, 4) is 11.5 Å². The molecule has 2 fully saturated rings. The monoisotopic (exact) mass is 439 g/mol. The summed E-state index contributed by atoms with van der Waals surface area (Å²) in [5.41, 5.74) is 0.649. The molecular formula is C24H29N3O3S. The lowest BCUT2D eigenvalue weighted by Crippen LogP contribution is -2.48. The maximum Gasteiger partial charge on any atom is 0.239 e. The fourth-order valence-electron chi connectivity index (χ4n) is 4.10. The van der Waals surface area contributed by atoms with E-state index in [0.29, 0.717) is 24.4 Å². The Bertz CT molecular complexity index is 887. The number of hydrogen-bond acceptors (Lipinski definition) is 5. The Hall–Kier alpha value is -2.51. The molecule has 2 aliphatic rings. The molecule has 1 atom stereocenters. The van der Waals surface area contributed by atoms with Gasteiger partial charge in [0.05, 0.1) is 11.7 Å². The number of nitrogens with zero attached hydrogens (tertiary/aromatic N) is 2. The average molecular weight is 440 g/mol. The van der Waals surface area contributed by atoms with Gasteiger partial charge in [0.2, 0.25) is 11.8 Å². The van der Waals surface area contributed by atoms with Gasteiger partial charge in [-0.15, -0.1) is 0 Å². The number of amides is 2. The number of hydrogen-bond donors (Lipinski definition) is 1. The lowest BCUT2D eigenvalue weighted by molar-refractivity contribution is -0.136. The number of para-hydroxylation sites is 3. The van der Waals surface area contributed by atoms with Crippen molar-refractivity contribution >= 4 is 29.3 Å². The van der Waals surface area contributed by atoms with Crippen LogP contribution in [-0.4, -0.2) is 65.3 Å². The van der Waals surface area contributed by atoms with E-state index >= 15 is 0 Å². The van der Waals surface area contributed by atoms with Gasteiger partial charge in [-0.05, 0) is 43.7 Å². The minimum atomic E-state index is -0.0791. The molecule has 1 N–H and O–H groups in total. The first-order valence-electron chi connectivity index (χ1n) is 10.9. The quantitative estimate of drug-likeness (QED) is 0.710. The van der Waals surface area contributed by atoms with Gasteiger partial charge in [-0.3, -0.25) is 14.5 Å². The van der Waals surface area contributed by atoms with E-state index < -0.39 is 0 Å². The predicted octanol–water partition coefficient (Wildman–Crippen LogP) is 3.85. The van der Waals surface area contributed by atoms with Crippen LogP contribution in [0.1, 0.15) is 19.3 Å². The number of ether oxygens (including phenoxy) is 1. The molecule has 0 aromatic heterocycles. The Labute approximate surface area is 187 Å². The van der Waals surface area contributed by atoms with E-state index in [1.165, 1.54) is 0 Å². The number of benzene rings is 2. The Balaban J connectivity index is 1.31.